The second-order valence-corrected chi connectivity index (χ2v) is 7.34. The first-order valence-corrected chi connectivity index (χ1v) is 9.13. The van der Waals surface area contributed by atoms with Crippen molar-refractivity contribution < 1.29 is 0 Å². The highest BCUT2D eigenvalue weighted by Crippen LogP contribution is 2.31. The van der Waals surface area contributed by atoms with Gasteiger partial charge in [0.15, 0.2) is 0 Å². The van der Waals surface area contributed by atoms with E-state index in [1.54, 1.807) is 0 Å². The first-order valence-electron chi connectivity index (χ1n) is 8.33. The van der Waals surface area contributed by atoms with Crippen molar-refractivity contribution in [2.45, 2.75) is 58.5 Å². The predicted octanol–water partition coefficient (Wildman–Crippen LogP) is 4.96. The molecule has 21 heavy (non-hydrogen) atoms. The summed E-state index contributed by atoms with van der Waals surface area (Å²) in [5, 5.41) is 3.47. The number of anilines is 1. The van der Waals surface area contributed by atoms with Crippen molar-refractivity contribution in [1.82, 2.24) is 5.32 Å². The highest BCUT2D eigenvalue weighted by atomic mass is 79.9. The molecule has 2 nitrogen and oxygen atoms in total. The van der Waals surface area contributed by atoms with E-state index in [2.05, 4.69) is 65.2 Å². The fourth-order valence-corrected chi connectivity index (χ4v) is 3.77. The van der Waals surface area contributed by atoms with Crippen LogP contribution < -0.4 is 10.2 Å². The number of nitrogens with one attached hydrogen (secondary N) is 1. The van der Waals surface area contributed by atoms with E-state index in [0.717, 1.165) is 19.0 Å². The largest absolute Gasteiger partial charge is 0.372 e. The summed E-state index contributed by atoms with van der Waals surface area (Å²) in [7, 11) is 2.25. The smallest absolute Gasteiger partial charge is 0.0377 e. The van der Waals surface area contributed by atoms with Crippen LogP contribution in [0.4, 0.5) is 5.69 Å². The van der Waals surface area contributed by atoms with Crippen LogP contribution in [-0.2, 0) is 6.54 Å². The Morgan fingerprint density at radius 2 is 2.14 bits per heavy atom. The molecule has 2 unspecified atom stereocenters. The number of hydrogen-bond acceptors (Lipinski definition) is 2. The molecule has 1 aliphatic rings. The van der Waals surface area contributed by atoms with Crippen LogP contribution in [0.5, 0.6) is 0 Å². The molecule has 118 valence electrons. The summed E-state index contributed by atoms with van der Waals surface area (Å²) in [6.07, 6.45) is 6.61. The van der Waals surface area contributed by atoms with Crippen molar-refractivity contribution in [3.63, 3.8) is 0 Å². The molecule has 1 aliphatic carbocycles. The van der Waals surface area contributed by atoms with E-state index >= 15 is 0 Å². The van der Waals surface area contributed by atoms with Crippen molar-refractivity contribution in [2.24, 2.45) is 5.92 Å². The van der Waals surface area contributed by atoms with E-state index in [1.165, 1.54) is 47.8 Å². The van der Waals surface area contributed by atoms with Crippen LogP contribution in [0.1, 0.15) is 51.5 Å². The van der Waals surface area contributed by atoms with Gasteiger partial charge in [-0.25, -0.2) is 0 Å². The van der Waals surface area contributed by atoms with Crippen molar-refractivity contribution in [2.75, 3.05) is 18.5 Å². The fourth-order valence-electron chi connectivity index (χ4n) is 3.26. The van der Waals surface area contributed by atoms with Crippen molar-refractivity contribution in [1.29, 1.82) is 0 Å². The predicted molar refractivity (Wildman–Crippen MR) is 96.0 cm³/mol. The summed E-state index contributed by atoms with van der Waals surface area (Å²) in [4.78, 5) is 2.48. The molecular formula is C18H29BrN2. The van der Waals surface area contributed by atoms with Gasteiger partial charge in [-0.2, -0.15) is 0 Å². The molecule has 3 heteroatoms. The van der Waals surface area contributed by atoms with Gasteiger partial charge >= 0.3 is 0 Å². The van der Waals surface area contributed by atoms with Gasteiger partial charge in [-0.1, -0.05) is 48.7 Å². The van der Waals surface area contributed by atoms with Crippen molar-refractivity contribution >= 4 is 21.6 Å². The lowest BCUT2D eigenvalue weighted by atomic mass is 9.86. The van der Waals surface area contributed by atoms with Crippen LogP contribution in [0.3, 0.4) is 0 Å². The number of halogens is 1. The van der Waals surface area contributed by atoms with Gasteiger partial charge in [0, 0.05) is 29.8 Å². The molecule has 0 aromatic heterocycles. The lowest BCUT2D eigenvalue weighted by Crippen LogP contribution is -2.35. The molecule has 1 aromatic carbocycles. The standard InChI is InChI=1S/C18H29BrN2/c1-4-10-20-13-15-8-9-17(12-18(15)19)21(3)16-7-5-6-14(2)11-16/h8-9,12,14,16,20H,4-7,10-11,13H2,1-3H3. The number of nitrogens with zero attached hydrogens (tertiary/aromatic N) is 1. The molecule has 0 amide bonds. The molecule has 1 aromatic rings. The maximum Gasteiger partial charge on any atom is 0.0377 e. The summed E-state index contributed by atoms with van der Waals surface area (Å²) < 4.78 is 1.22. The Labute approximate surface area is 138 Å². The first kappa shape index (κ1) is 16.8. The van der Waals surface area contributed by atoms with Crippen LogP contribution in [0.25, 0.3) is 0 Å². The quantitative estimate of drug-likeness (QED) is 0.727. The van der Waals surface area contributed by atoms with Gasteiger partial charge in [0.1, 0.15) is 0 Å². The third-order valence-corrected chi connectivity index (χ3v) is 5.38. The molecule has 1 saturated carbocycles. The van der Waals surface area contributed by atoms with Crippen LogP contribution >= 0.6 is 15.9 Å². The fraction of sp³-hybridized carbons (Fsp3) is 0.667. The summed E-state index contributed by atoms with van der Waals surface area (Å²) in [6.45, 7) is 6.61. The Hall–Kier alpha value is -0.540. The van der Waals surface area contributed by atoms with E-state index in [-0.39, 0.29) is 0 Å². The normalized spacial score (nSPS) is 22.3. The number of benzene rings is 1. The Bertz CT molecular complexity index is 447. The Kier molecular flexibility index (Phi) is 6.56. The summed E-state index contributed by atoms with van der Waals surface area (Å²) in [5.74, 6) is 0.868. The Balaban J connectivity index is 2.01. The average Bonchev–Trinajstić information content (AvgIpc) is 2.48. The van der Waals surface area contributed by atoms with Gasteiger partial charge in [0.25, 0.3) is 0 Å². The highest BCUT2D eigenvalue weighted by Gasteiger charge is 2.22. The van der Waals surface area contributed by atoms with Crippen molar-refractivity contribution in [3.05, 3.63) is 28.2 Å². The van der Waals surface area contributed by atoms with E-state index in [0.29, 0.717) is 6.04 Å². The van der Waals surface area contributed by atoms with Gasteiger partial charge < -0.3 is 10.2 Å². The molecule has 0 heterocycles. The molecule has 0 bridgehead atoms. The molecule has 2 atom stereocenters. The maximum atomic E-state index is 3.74. The molecule has 0 radical (unpaired) electrons. The SMILES string of the molecule is CCCNCc1ccc(N(C)C2CCCC(C)C2)cc1Br. The van der Waals surface area contributed by atoms with E-state index in [9.17, 15) is 0 Å². The topological polar surface area (TPSA) is 15.3 Å². The summed E-state index contributed by atoms with van der Waals surface area (Å²) >= 11 is 3.74. The second kappa shape index (κ2) is 8.19. The van der Waals surface area contributed by atoms with E-state index in [1.807, 2.05) is 0 Å². The van der Waals surface area contributed by atoms with Gasteiger partial charge in [0.2, 0.25) is 0 Å². The Morgan fingerprint density at radius 3 is 2.81 bits per heavy atom. The monoisotopic (exact) mass is 352 g/mol. The first-order chi connectivity index (χ1) is 10.1. The molecule has 1 N–H and O–H groups in total. The minimum absolute atomic E-state index is 0.699. The van der Waals surface area contributed by atoms with Crippen molar-refractivity contribution in [3.8, 4) is 0 Å². The van der Waals surface area contributed by atoms with E-state index < -0.39 is 0 Å². The third-order valence-electron chi connectivity index (χ3n) is 4.64. The highest BCUT2D eigenvalue weighted by molar-refractivity contribution is 9.10. The molecular weight excluding hydrogens is 324 g/mol. The van der Waals surface area contributed by atoms with Gasteiger partial charge in [-0.15, -0.1) is 0 Å². The van der Waals surface area contributed by atoms with Crippen LogP contribution in [0.2, 0.25) is 0 Å². The van der Waals surface area contributed by atoms with Crippen LogP contribution in [0, 0.1) is 5.92 Å². The zero-order valence-electron chi connectivity index (χ0n) is 13.7. The molecule has 0 aliphatic heterocycles. The van der Waals surface area contributed by atoms with Crippen LogP contribution in [0.15, 0.2) is 22.7 Å². The minimum Gasteiger partial charge on any atom is -0.372 e. The molecule has 1 fully saturated rings. The lowest BCUT2D eigenvalue weighted by Gasteiger charge is -2.35. The van der Waals surface area contributed by atoms with Gasteiger partial charge in [-0.3, -0.25) is 0 Å². The van der Waals surface area contributed by atoms with Gasteiger partial charge in [0.05, 0.1) is 0 Å². The zero-order valence-corrected chi connectivity index (χ0v) is 15.2. The molecule has 2 rings (SSSR count). The van der Waals surface area contributed by atoms with E-state index in [4.69, 9.17) is 0 Å². The number of rotatable bonds is 6. The van der Waals surface area contributed by atoms with Gasteiger partial charge in [-0.05, 0) is 49.4 Å². The Morgan fingerprint density at radius 1 is 1.33 bits per heavy atom. The lowest BCUT2D eigenvalue weighted by molar-refractivity contribution is 0.336. The number of hydrogen-bond donors (Lipinski definition) is 1. The summed E-state index contributed by atoms with van der Waals surface area (Å²) in [6, 6.07) is 7.50. The minimum atomic E-state index is 0.699. The maximum absolute atomic E-state index is 3.74. The summed E-state index contributed by atoms with van der Waals surface area (Å²) in [5.41, 5.74) is 2.68. The molecule has 0 saturated heterocycles. The van der Waals surface area contributed by atoms with Crippen LogP contribution in [-0.4, -0.2) is 19.6 Å². The third kappa shape index (κ3) is 4.72. The molecule has 0 spiro atoms. The second-order valence-electron chi connectivity index (χ2n) is 6.49. The zero-order chi connectivity index (χ0) is 15.2. The average molecular weight is 353 g/mol.